The number of hydrogen-bond acceptors (Lipinski definition) is 2. The van der Waals surface area contributed by atoms with E-state index in [0.29, 0.717) is 5.91 Å². The van der Waals surface area contributed by atoms with Crippen molar-refractivity contribution in [1.29, 1.82) is 0 Å². The summed E-state index contributed by atoms with van der Waals surface area (Å²) in [4.78, 5) is 14.3. The number of piperidine rings is 1. The third-order valence-corrected chi connectivity index (χ3v) is 3.28. The van der Waals surface area contributed by atoms with E-state index in [1.54, 1.807) is 0 Å². The summed E-state index contributed by atoms with van der Waals surface area (Å²) >= 11 is 0. The summed E-state index contributed by atoms with van der Waals surface area (Å²) in [5, 5.41) is 3.33. The van der Waals surface area contributed by atoms with E-state index in [1.165, 1.54) is 0 Å². The Balaban J connectivity index is 0.00000225. The zero-order chi connectivity index (χ0) is 11.3. The summed E-state index contributed by atoms with van der Waals surface area (Å²) in [5.41, 5.74) is -0.163. The summed E-state index contributed by atoms with van der Waals surface area (Å²) in [5.74, 6) is 0.332. The Hall–Kier alpha value is -0.280. The van der Waals surface area contributed by atoms with Crippen LogP contribution in [0.2, 0.25) is 0 Å². The highest BCUT2D eigenvalue weighted by Crippen LogP contribution is 2.27. The molecule has 1 rings (SSSR count). The fourth-order valence-electron chi connectivity index (χ4n) is 2.29. The first-order chi connectivity index (χ1) is 7.14. The molecule has 3 nitrogen and oxygen atoms in total. The first kappa shape index (κ1) is 15.7. The van der Waals surface area contributed by atoms with Gasteiger partial charge in [0.05, 0.1) is 5.41 Å². The molecule has 0 saturated carbocycles. The van der Waals surface area contributed by atoms with E-state index in [-0.39, 0.29) is 17.8 Å². The van der Waals surface area contributed by atoms with Crippen molar-refractivity contribution >= 4 is 18.3 Å². The number of halogens is 1. The highest BCUT2D eigenvalue weighted by Gasteiger charge is 2.36. The Morgan fingerprint density at radius 3 is 2.56 bits per heavy atom. The van der Waals surface area contributed by atoms with Crippen LogP contribution in [-0.4, -0.2) is 37.0 Å². The second-order valence-electron chi connectivity index (χ2n) is 4.73. The molecule has 0 aromatic rings. The van der Waals surface area contributed by atoms with Crippen LogP contribution in [0.15, 0.2) is 0 Å². The maximum absolute atomic E-state index is 12.3. The summed E-state index contributed by atoms with van der Waals surface area (Å²) in [7, 11) is 0. The Morgan fingerprint density at radius 2 is 2.12 bits per heavy atom. The Bertz CT molecular complexity index is 215. The highest BCUT2D eigenvalue weighted by molar-refractivity contribution is 5.85. The van der Waals surface area contributed by atoms with Crippen molar-refractivity contribution in [2.75, 3.05) is 26.2 Å². The van der Waals surface area contributed by atoms with E-state index in [2.05, 4.69) is 26.1 Å². The lowest BCUT2D eigenvalue weighted by Crippen LogP contribution is -2.50. The normalized spacial score (nSPS) is 24.7. The molecule has 96 valence electrons. The fourth-order valence-corrected chi connectivity index (χ4v) is 2.29. The quantitative estimate of drug-likeness (QED) is 0.826. The summed E-state index contributed by atoms with van der Waals surface area (Å²) in [6.07, 6.45) is 3.19. The maximum atomic E-state index is 12.3. The van der Waals surface area contributed by atoms with Crippen molar-refractivity contribution in [3.05, 3.63) is 0 Å². The van der Waals surface area contributed by atoms with Crippen LogP contribution in [0.1, 0.15) is 40.0 Å². The van der Waals surface area contributed by atoms with Gasteiger partial charge in [-0.25, -0.2) is 0 Å². The molecule has 0 aliphatic carbocycles. The summed E-state index contributed by atoms with van der Waals surface area (Å²) < 4.78 is 0. The van der Waals surface area contributed by atoms with Crippen molar-refractivity contribution in [2.45, 2.75) is 40.0 Å². The number of nitrogens with zero attached hydrogens (tertiary/aromatic N) is 1. The molecule has 4 heteroatoms. The molecule has 1 unspecified atom stereocenters. The van der Waals surface area contributed by atoms with Gasteiger partial charge in [-0.3, -0.25) is 4.79 Å². The molecule has 1 atom stereocenters. The van der Waals surface area contributed by atoms with E-state index in [0.717, 1.165) is 45.4 Å². The van der Waals surface area contributed by atoms with Gasteiger partial charge in [0.25, 0.3) is 0 Å². The average Bonchev–Trinajstić information content (AvgIpc) is 2.26. The van der Waals surface area contributed by atoms with Crippen molar-refractivity contribution < 1.29 is 4.79 Å². The molecule has 1 aliphatic rings. The molecule has 0 radical (unpaired) electrons. The summed E-state index contributed by atoms with van der Waals surface area (Å²) in [6, 6.07) is 0. The lowest BCUT2D eigenvalue weighted by atomic mass is 9.81. The number of carbonyl (C=O) groups excluding carboxylic acids is 1. The van der Waals surface area contributed by atoms with Gasteiger partial charge in [0, 0.05) is 19.6 Å². The highest BCUT2D eigenvalue weighted by atomic mass is 35.5. The van der Waals surface area contributed by atoms with E-state index < -0.39 is 0 Å². The van der Waals surface area contributed by atoms with Gasteiger partial charge >= 0.3 is 0 Å². The van der Waals surface area contributed by atoms with Crippen LogP contribution in [0.4, 0.5) is 0 Å². The maximum Gasteiger partial charge on any atom is 0.229 e. The number of amides is 1. The standard InChI is InChI=1S/C12H24N2O.ClH/c1-4-9-14(5-2)11(15)12(3)7-6-8-13-10-12;/h13H,4-10H2,1-3H3;1H. The Labute approximate surface area is 105 Å². The lowest BCUT2D eigenvalue weighted by molar-refractivity contribution is -0.142. The van der Waals surface area contributed by atoms with Crippen LogP contribution in [0.3, 0.4) is 0 Å². The molecule has 1 N–H and O–H groups in total. The molecule has 1 heterocycles. The minimum absolute atomic E-state index is 0. The van der Waals surface area contributed by atoms with Gasteiger partial charge < -0.3 is 10.2 Å². The van der Waals surface area contributed by atoms with Crippen molar-refractivity contribution in [2.24, 2.45) is 5.41 Å². The molecule has 0 spiro atoms. The first-order valence-electron chi connectivity index (χ1n) is 6.14. The van der Waals surface area contributed by atoms with Crippen LogP contribution in [-0.2, 0) is 4.79 Å². The predicted molar refractivity (Wildman–Crippen MR) is 70.0 cm³/mol. The SMILES string of the molecule is CCCN(CC)C(=O)C1(C)CCCNC1.Cl. The van der Waals surface area contributed by atoms with Gasteiger partial charge in [0.1, 0.15) is 0 Å². The van der Waals surface area contributed by atoms with E-state index in [1.807, 2.05) is 4.90 Å². The van der Waals surface area contributed by atoms with Crippen molar-refractivity contribution in [1.82, 2.24) is 10.2 Å². The third kappa shape index (κ3) is 3.63. The molecule has 0 aromatic carbocycles. The largest absolute Gasteiger partial charge is 0.342 e. The molecule has 1 fully saturated rings. The fraction of sp³-hybridized carbons (Fsp3) is 0.917. The van der Waals surface area contributed by atoms with Gasteiger partial charge in [0.15, 0.2) is 0 Å². The Morgan fingerprint density at radius 1 is 1.44 bits per heavy atom. The second-order valence-corrected chi connectivity index (χ2v) is 4.73. The predicted octanol–water partition coefficient (Wildman–Crippen LogP) is 2.06. The topological polar surface area (TPSA) is 32.3 Å². The van der Waals surface area contributed by atoms with Crippen LogP contribution in [0.25, 0.3) is 0 Å². The zero-order valence-electron chi connectivity index (χ0n) is 10.7. The molecule has 16 heavy (non-hydrogen) atoms. The van der Waals surface area contributed by atoms with Crippen LogP contribution in [0.5, 0.6) is 0 Å². The molecule has 0 bridgehead atoms. The monoisotopic (exact) mass is 248 g/mol. The number of nitrogens with one attached hydrogen (secondary N) is 1. The average molecular weight is 249 g/mol. The number of carbonyl (C=O) groups is 1. The van der Waals surface area contributed by atoms with Gasteiger partial charge in [-0.1, -0.05) is 6.92 Å². The lowest BCUT2D eigenvalue weighted by Gasteiger charge is -2.37. The zero-order valence-corrected chi connectivity index (χ0v) is 11.5. The molecule has 1 saturated heterocycles. The molecule has 1 amide bonds. The van der Waals surface area contributed by atoms with Gasteiger partial charge in [0.2, 0.25) is 5.91 Å². The summed E-state index contributed by atoms with van der Waals surface area (Å²) in [6.45, 7) is 9.91. The van der Waals surface area contributed by atoms with Gasteiger partial charge in [-0.2, -0.15) is 0 Å². The van der Waals surface area contributed by atoms with E-state index in [9.17, 15) is 4.79 Å². The van der Waals surface area contributed by atoms with Crippen LogP contribution in [0, 0.1) is 5.41 Å². The molecular weight excluding hydrogens is 224 g/mol. The van der Waals surface area contributed by atoms with Gasteiger partial charge in [-0.05, 0) is 39.7 Å². The van der Waals surface area contributed by atoms with Crippen molar-refractivity contribution in [3.63, 3.8) is 0 Å². The molecular formula is C12H25ClN2O. The third-order valence-electron chi connectivity index (χ3n) is 3.28. The Kier molecular flexibility index (Phi) is 7.00. The smallest absolute Gasteiger partial charge is 0.229 e. The minimum Gasteiger partial charge on any atom is -0.342 e. The van der Waals surface area contributed by atoms with E-state index in [4.69, 9.17) is 0 Å². The van der Waals surface area contributed by atoms with Crippen molar-refractivity contribution in [3.8, 4) is 0 Å². The minimum atomic E-state index is -0.163. The number of rotatable bonds is 4. The van der Waals surface area contributed by atoms with E-state index >= 15 is 0 Å². The van der Waals surface area contributed by atoms with Crippen LogP contribution >= 0.6 is 12.4 Å². The molecule has 0 aromatic heterocycles. The molecule has 1 aliphatic heterocycles. The number of hydrogen-bond donors (Lipinski definition) is 1. The first-order valence-corrected chi connectivity index (χ1v) is 6.14. The van der Waals surface area contributed by atoms with Crippen LogP contribution < -0.4 is 5.32 Å². The van der Waals surface area contributed by atoms with Gasteiger partial charge in [-0.15, -0.1) is 12.4 Å². The second kappa shape index (κ2) is 7.13.